The fourth-order valence-electron chi connectivity index (χ4n) is 1.79. The predicted octanol–water partition coefficient (Wildman–Crippen LogP) is 1.33. The number of nitrogens with one attached hydrogen (secondary N) is 1. The van der Waals surface area contributed by atoms with Crippen molar-refractivity contribution in [3.05, 3.63) is 28.2 Å². The summed E-state index contributed by atoms with van der Waals surface area (Å²) in [5.41, 5.74) is 5.15. The number of primary amides is 1. The minimum atomic E-state index is -4.10. The highest BCUT2D eigenvalue weighted by Gasteiger charge is 2.26. The van der Waals surface area contributed by atoms with Crippen molar-refractivity contribution in [2.45, 2.75) is 31.2 Å². The van der Waals surface area contributed by atoms with Gasteiger partial charge in [0.25, 0.3) is 0 Å². The Morgan fingerprint density at radius 2 is 1.91 bits per heavy atom. The number of carboxylic acid groups (broad SMARTS) is 1. The number of sulfonamides is 1. The van der Waals surface area contributed by atoms with Gasteiger partial charge in [-0.05, 0) is 30.5 Å². The van der Waals surface area contributed by atoms with E-state index in [-0.39, 0.29) is 22.8 Å². The molecule has 9 heteroatoms. The van der Waals surface area contributed by atoms with Gasteiger partial charge >= 0.3 is 5.97 Å². The van der Waals surface area contributed by atoms with Gasteiger partial charge in [-0.15, -0.1) is 0 Å². The molecule has 122 valence electrons. The number of hydrogen-bond donors (Lipinski definition) is 3. The van der Waals surface area contributed by atoms with Crippen LogP contribution in [0.4, 0.5) is 0 Å². The fourth-order valence-corrected chi connectivity index (χ4v) is 3.70. The minimum Gasteiger partial charge on any atom is -0.480 e. The molecular weight excluding hydrogens is 376 g/mol. The summed E-state index contributed by atoms with van der Waals surface area (Å²) in [4.78, 5) is 22.1. The number of amides is 1. The third-order valence-electron chi connectivity index (χ3n) is 2.77. The standard InChI is InChI=1S/C13H17BrN2O5S/c1-7(2)3-11(13(18)19)16-22(20,21)10-5-8(12(15)17)4-9(14)6-10/h4-7,11,16H,3H2,1-2H3,(H2,15,17)(H,18,19). The zero-order valence-electron chi connectivity index (χ0n) is 12.0. The largest absolute Gasteiger partial charge is 0.480 e. The van der Waals surface area contributed by atoms with Gasteiger partial charge in [-0.2, -0.15) is 4.72 Å². The lowest BCUT2D eigenvalue weighted by molar-refractivity contribution is -0.139. The molecule has 1 aromatic carbocycles. The third kappa shape index (κ3) is 5.08. The van der Waals surface area contributed by atoms with Crippen LogP contribution < -0.4 is 10.5 Å². The second kappa shape index (κ2) is 7.21. The van der Waals surface area contributed by atoms with E-state index in [2.05, 4.69) is 20.7 Å². The van der Waals surface area contributed by atoms with Gasteiger partial charge in [-0.3, -0.25) is 9.59 Å². The number of hydrogen-bond acceptors (Lipinski definition) is 4. The van der Waals surface area contributed by atoms with E-state index >= 15 is 0 Å². The summed E-state index contributed by atoms with van der Waals surface area (Å²) in [6.07, 6.45) is 0.144. The maximum Gasteiger partial charge on any atom is 0.321 e. The quantitative estimate of drug-likeness (QED) is 0.644. The number of benzene rings is 1. The Morgan fingerprint density at radius 1 is 1.32 bits per heavy atom. The number of carboxylic acids is 1. The van der Waals surface area contributed by atoms with Crippen LogP contribution in [0.5, 0.6) is 0 Å². The van der Waals surface area contributed by atoms with Gasteiger partial charge in [-0.1, -0.05) is 29.8 Å². The Bertz CT molecular complexity index is 688. The predicted molar refractivity (Wildman–Crippen MR) is 83.9 cm³/mol. The fraction of sp³-hybridized carbons (Fsp3) is 0.385. The van der Waals surface area contributed by atoms with Gasteiger partial charge in [0, 0.05) is 10.0 Å². The Morgan fingerprint density at radius 3 is 2.36 bits per heavy atom. The molecule has 0 saturated heterocycles. The average molecular weight is 393 g/mol. The van der Waals surface area contributed by atoms with Crippen LogP contribution in [-0.4, -0.2) is 31.4 Å². The van der Waals surface area contributed by atoms with Crippen molar-refractivity contribution >= 4 is 37.8 Å². The average Bonchev–Trinajstić information content (AvgIpc) is 2.36. The summed E-state index contributed by atoms with van der Waals surface area (Å²) in [5, 5.41) is 9.12. The first-order chi connectivity index (χ1) is 10.0. The molecule has 1 amide bonds. The van der Waals surface area contributed by atoms with Crippen molar-refractivity contribution in [3.8, 4) is 0 Å². The molecule has 0 aliphatic rings. The second-order valence-corrected chi connectivity index (χ2v) is 7.81. The van der Waals surface area contributed by atoms with E-state index in [1.165, 1.54) is 12.1 Å². The van der Waals surface area contributed by atoms with Crippen molar-refractivity contribution in [2.75, 3.05) is 0 Å². The molecular formula is C13H17BrN2O5S. The van der Waals surface area contributed by atoms with Crippen LogP contribution in [0.1, 0.15) is 30.6 Å². The summed E-state index contributed by atoms with van der Waals surface area (Å²) in [6.45, 7) is 3.57. The number of rotatable bonds is 7. The molecule has 7 nitrogen and oxygen atoms in total. The molecule has 1 rings (SSSR count). The Kier molecular flexibility index (Phi) is 6.09. The van der Waals surface area contributed by atoms with Crippen LogP contribution in [0, 0.1) is 5.92 Å². The summed E-state index contributed by atoms with van der Waals surface area (Å²) < 4.78 is 27.1. The van der Waals surface area contributed by atoms with E-state index in [4.69, 9.17) is 10.8 Å². The van der Waals surface area contributed by atoms with Crippen LogP contribution in [0.25, 0.3) is 0 Å². The van der Waals surface area contributed by atoms with Crippen molar-refractivity contribution in [3.63, 3.8) is 0 Å². The molecule has 0 saturated carbocycles. The molecule has 0 heterocycles. The highest BCUT2D eigenvalue weighted by Crippen LogP contribution is 2.20. The molecule has 1 aromatic rings. The number of carbonyl (C=O) groups is 2. The van der Waals surface area contributed by atoms with E-state index in [1.807, 2.05) is 0 Å². The van der Waals surface area contributed by atoms with E-state index in [1.54, 1.807) is 13.8 Å². The lowest BCUT2D eigenvalue weighted by Gasteiger charge is -2.17. The molecule has 4 N–H and O–H groups in total. The minimum absolute atomic E-state index is 0.00508. The lowest BCUT2D eigenvalue weighted by Crippen LogP contribution is -2.41. The lowest BCUT2D eigenvalue weighted by atomic mass is 10.1. The van der Waals surface area contributed by atoms with Crippen molar-refractivity contribution in [1.82, 2.24) is 4.72 Å². The van der Waals surface area contributed by atoms with Crippen LogP contribution in [0.3, 0.4) is 0 Å². The molecule has 0 aromatic heterocycles. The first kappa shape index (κ1) is 18.6. The Hall–Kier alpha value is -1.45. The molecule has 0 spiro atoms. The number of halogens is 1. The molecule has 0 aliphatic carbocycles. The molecule has 22 heavy (non-hydrogen) atoms. The van der Waals surface area contributed by atoms with Crippen molar-refractivity contribution in [1.29, 1.82) is 0 Å². The van der Waals surface area contributed by atoms with Crippen LogP contribution >= 0.6 is 15.9 Å². The first-order valence-corrected chi connectivity index (χ1v) is 8.66. The zero-order chi connectivity index (χ0) is 17.1. The van der Waals surface area contributed by atoms with Crippen LogP contribution in [0.15, 0.2) is 27.6 Å². The molecule has 1 unspecified atom stereocenters. The maximum atomic E-state index is 12.3. The Balaban J connectivity index is 3.18. The monoisotopic (exact) mass is 392 g/mol. The van der Waals surface area contributed by atoms with Gasteiger partial charge in [0.15, 0.2) is 0 Å². The zero-order valence-corrected chi connectivity index (χ0v) is 14.4. The number of aliphatic carboxylic acids is 1. The molecule has 0 aliphatic heterocycles. The highest BCUT2D eigenvalue weighted by molar-refractivity contribution is 9.10. The van der Waals surface area contributed by atoms with Gasteiger partial charge in [-0.25, -0.2) is 8.42 Å². The molecule has 0 bridgehead atoms. The van der Waals surface area contributed by atoms with Crippen molar-refractivity contribution in [2.24, 2.45) is 11.7 Å². The highest BCUT2D eigenvalue weighted by atomic mass is 79.9. The normalized spacial score (nSPS) is 13.1. The van der Waals surface area contributed by atoms with Crippen LogP contribution in [0.2, 0.25) is 0 Å². The summed E-state index contributed by atoms with van der Waals surface area (Å²) in [6, 6.07) is 2.50. The topological polar surface area (TPSA) is 127 Å². The van der Waals surface area contributed by atoms with E-state index < -0.39 is 27.9 Å². The smallest absolute Gasteiger partial charge is 0.321 e. The summed E-state index contributed by atoms with van der Waals surface area (Å²) in [7, 11) is -4.10. The first-order valence-electron chi connectivity index (χ1n) is 6.38. The van der Waals surface area contributed by atoms with E-state index in [0.717, 1.165) is 6.07 Å². The van der Waals surface area contributed by atoms with Gasteiger partial charge in [0.05, 0.1) is 4.90 Å². The van der Waals surface area contributed by atoms with E-state index in [9.17, 15) is 18.0 Å². The molecule has 0 radical (unpaired) electrons. The summed E-state index contributed by atoms with van der Waals surface area (Å²) in [5.74, 6) is -2.05. The SMILES string of the molecule is CC(C)CC(NS(=O)(=O)c1cc(Br)cc(C(N)=O)c1)C(=O)O. The summed E-state index contributed by atoms with van der Waals surface area (Å²) >= 11 is 3.09. The second-order valence-electron chi connectivity index (χ2n) is 5.18. The van der Waals surface area contributed by atoms with Gasteiger partial charge in [0.2, 0.25) is 15.9 Å². The Labute approximate surface area is 137 Å². The maximum absolute atomic E-state index is 12.3. The van der Waals surface area contributed by atoms with Crippen LogP contribution in [-0.2, 0) is 14.8 Å². The van der Waals surface area contributed by atoms with Gasteiger partial charge < -0.3 is 10.8 Å². The third-order valence-corrected chi connectivity index (χ3v) is 4.68. The van der Waals surface area contributed by atoms with Gasteiger partial charge in [0.1, 0.15) is 6.04 Å². The van der Waals surface area contributed by atoms with E-state index in [0.29, 0.717) is 4.47 Å². The number of nitrogens with two attached hydrogens (primary N) is 1. The molecule has 0 fully saturated rings. The molecule has 1 atom stereocenters. The number of carbonyl (C=O) groups excluding carboxylic acids is 1. The van der Waals surface area contributed by atoms with Crippen molar-refractivity contribution < 1.29 is 23.1 Å².